The Kier molecular flexibility index (Phi) is 6.72. The number of nitrogens with zero attached hydrogens (tertiary/aromatic N) is 4. The van der Waals surface area contributed by atoms with Gasteiger partial charge in [0.15, 0.2) is 0 Å². The van der Waals surface area contributed by atoms with Crippen LogP contribution in [0.15, 0.2) is 48.5 Å². The van der Waals surface area contributed by atoms with Crippen molar-refractivity contribution in [1.29, 1.82) is 0 Å². The summed E-state index contributed by atoms with van der Waals surface area (Å²) in [4.78, 5) is 26.5. The Labute approximate surface area is 193 Å². The zero-order valence-electron chi connectivity index (χ0n) is 18.7. The van der Waals surface area contributed by atoms with Crippen molar-refractivity contribution >= 4 is 46.1 Å². The average Bonchev–Trinajstić information content (AvgIpc) is 2.79. The molecule has 0 saturated carbocycles. The van der Waals surface area contributed by atoms with Crippen LogP contribution < -0.4 is 10.2 Å². The van der Waals surface area contributed by atoms with Crippen LogP contribution in [0.3, 0.4) is 0 Å². The van der Waals surface area contributed by atoms with Crippen LogP contribution in [0.1, 0.15) is 24.1 Å². The monoisotopic (exact) mass is 449 g/mol. The van der Waals surface area contributed by atoms with E-state index >= 15 is 0 Å². The predicted octanol–water partition coefficient (Wildman–Crippen LogP) is 4.77. The zero-order chi connectivity index (χ0) is 22.7. The van der Waals surface area contributed by atoms with E-state index in [0.29, 0.717) is 11.1 Å². The summed E-state index contributed by atoms with van der Waals surface area (Å²) in [6.45, 7) is 3.91. The molecule has 32 heavy (non-hydrogen) atoms. The quantitative estimate of drug-likeness (QED) is 0.568. The summed E-state index contributed by atoms with van der Waals surface area (Å²) in [7, 11) is 4.28. The number of aryl methyl sites for hydroxylation is 1. The SMILES string of the molecule is Cc1nc(N2CCC(N(C)C)CC2)nc2ccc(NC(=O)C=Cc3ccc(Cl)cc3)cc12. The summed E-state index contributed by atoms with van der Waals surface area (Å²) in [6.07, 6.45) is 5.49. The fraction of sp³-hybridized carbons (Fsp3) is 0.320. The van der Waals surface area contributed by atoms with Gasteiger partial charge in [-0.3, -0.25) is 4.79 Å². The van der Waals surface area contributed by atoms with E-state index in [4.69, 9.17) is 21.6 Å². The van der Waals surface area contributed by atoms with Crippen molar-refractivity contribution in [2.75, 3.05) is 37.4 Å². The third-order valence-corrected chi connectivity index (χ3v) is 6.17. The Bertz CT molecular complexity index is 1140. The lowest BCUT2D eigenvalue weighted by molar-refractivity contribution is -0.111. The van der Waals surface area contributed by atoms with E-state index in [-0.39, 0.29) is 5.91 Å². The number of nitrogens with one attached hydrogen (secondary N) is 1. The summed E-state index contributed by atoms with van der Waals surface area (Å²) >= 11 is 5.90. The van der Waals surface area contributed by atoms with E-state index in [0.717, 1.165) is 59.7 Å². The highest BCUT2D eigenvalue weighted by atomic mass is 35.5. The molecule has 0 radical (unpaired) electrons. The highest BCUT2D eigenvalue weighted by Gasteiger charge is 2.22. The predicted molar refractivity (Wildman–Crippen MR) is 132 cm³/mol. The smallest absolute Gasteiger partial charge is 0.248 e. The highest BCUT2D eigenvalue weighted by molar-refractivity contribution is 6.30. The molecule has 2 aromatic carbocycles. The number of anilines is 2. The van der Waals surface area contributed by atoms with Crippen LogP contribution in [0, 0.1) is 6.92 Å². The second-order valence-corrected chi connectivity index (χ2v) is 8.83. The Hall–Kier alpha value is -2.96. The van der Waals surface area contributed by atoms with Gasteiger partial charge in [0.1, 0.15) is 0 Å². The topological polar surface area (TPSA) is 61.4 Å². The number of carbonyl (C=O) groups is 1. The van der Waals surface area contributed by atoms with Gasteiger partial charge < -0.3 is 15.1 Å². The van der Waals surface area contributed by atoms with Crippen molar-refractivity contribution in [1.82, 2.24) is 14.9 Å². The zero-order valence-corrected chi connectivity index (χ0v) is 19.4. The molecule has 1 fully saturated rings. The number of rotatable bonds is 5. The lowest BCUT2D eigenvalue weighted by Crippen LogP contribution is -2.42. The number of hydrogen-bond acceptors (Lipinski definition) is 5. The largest absolute Gasteiger partial charge is 0.341 e. The van der Waals surface area contributed by atoms with Crippen LogP contribution >= 0.6 is 11.6 Å². The standard InChI is InChI=1S/C25H28ClN5O/c1-17-22-16-20(28-24(32)11-6-18-4-7-19(26)8-5-18)9-10-23(22)29-25(27-17)31-14-12-21(13-15-31)30(2)3/h4-11,16,21H,12-15H2,1-3H3,(H,28,32). The molecule has 1 aromatic heterocycles. The Morgan fingerprint density at radius 1 is 1.12 bits per heavy atom. The first kappa shape index (κ1) is 22.2. The summed E-state index contributed by atoms with van der Waals surface area (Å²) < 4.78 is 0. The van der Waals surface area contributed by atoms with E-state index in [2.05, 4.69) is 29.2 Å². The van der Waals surface area contributed by atoms with Crippen molar-refractivity contribution < 1.29 is 4.79 Å². The van der Waals surface area contributed by atoms with Crippen LogP contribution in [0.2, 0.25) is 5.02 Å². The third-order valence-electron chi connectivity index (χ3n) is 5.92. The molecule has 1 aliphatic rings. The van der Waals surface area contributed by atoms with Crippen LogP contribution in [0.25, 0.3) is 17.0 Å². The first-order valence-corrected chi connectivity index (χ1v) is 11.2. The number of halogens is 1. The molecular weight excluding hydrogens is 422 g/mol. The Balaban J connectivity index is 1.46. The van der Waals surface area contributed by atoms with Gasteiger partial charge in [-0.2, -0.15) is 0 Å². The van der Waals surface area contributed by atoms with Crippen molar-refractivity contribution in [3.05, 3.63) is 64.8 Å². The molecule has 4 rings (SSSR count). The van der Waals surface area contributed by atoms with Gasteiger partial charge in [0.05, 0.1) is 11.2 Å². The number of piperidine rings is 1. The molecule has 1 saturated heterocycles. The molecule has 1 amide bonds. The summed E-state index contributed by atoms with van der Waals surface area (Å²) in [5, 5.41) is 4.52. The number of aromatic nitrogens is 2. The number of carbonyl (C=O) groups excluding carboxylic acids is 1. The summed E-state index contributed by atoms with van der Waals surface area (Å²) in [5.41, 5.74) is 3.42. The second kappa shape index (κ2) is 9.67. The molecule has 0 spiro atoms. The van der Waals surface area contributed by atoms with Crippen LogP contribution in [0.4, 0.5) is 11.6 Å². The molecule has 3 aromatic rings. The third kappa shape index (κ3) is 5.26. The molecule has 2 heterocycles. The van der Waals surface area contributed by atoms with Crippen molar-refractivity contribution in [3.8, 4) is 0 Å². The van der Waals surface area contributed by atoms with E-state index in [1.54, 1.807) is 18.2 Å². The van der Waals surface area contributed by atoms with Crippen LogP contribution in [0.5, 0.6) is 0 Å². The lowest BCUT2D eigenvalue weighted by atomic mass is 10.0. The van der Waals surface area contributed by atoms with E-state index < -0.39 is 0 Å². The van der Waals surface area contributed by atoms with Crippen LogP contribution in [-0.4, -0.2) is 54.0 Å². The molecule has 0 unspecified atom stereocenters. The molecule has 166 valence electrons. The maximum Gasteiger partial charge on any atom is 0.248 e. The van der Waals surface area contributed by atoms with Gasteiger partial charge in [-0.1, -0.05) is 23.7 Å². The van der Waals surface area contributed by atoms with Gasteiger partial charge in [0.2, 0.25) is 11.9 Å². The molecule has 1 N–H and O–H groups in total. The normalized spacial score (nSPS) is 15.1. The molecule has 0 aliphatic carbocycles. The molecule has 0 atom stereocenters. The Morgan fingerprint density at radius 2 is 1.84 bits per heavy atom. The van der Waals surface area contributed by atoms with Gasteiger partial charge in [-0.25, -0.2) is 9.97 Å². The van der Waals surface area contributed by atoms with E-state index in [1.807, 2.05) is 37.3 Å². The van der Waals surface area contributed by atoms with Gasteiger partial charge in [0.25, 0.3) is 0 Å². The maximum absolute atomic E-state index is 12.3. The number of hydrogen-bond donors (Lipinski definition) is 1. The molecule has 0 bridgehead atoms. The lowest BCUT2D eigenvalue weighted by Gasteiger charge is -2.35. The first-order chi connectivity index (χ1) is 15.4. The molecule has 6 nitrogen and oxygen atoms in total. The fourth-order valence-electron chi connectivity index (χ4n) is 4.00. The molecule has 7 heteroatoms. The molecular formula is C25H28ClN5O. The number of benzene rings is 2. The van der Waals surface area contributed by atoms with E-state index in [1.165, 1.54) is 6.08 Å². The van der Waals surface area contributed by atoms with Crippen molar-refractivity contribution in [2.24, 2.45) is 0 Å². The molecule has 1 aliphatic heterocycles. The van der Waals surface area contributed by atoms with Gasteiger partial charge in [0, 0.05) is 41.3 Å². The Morgan fingerprint density at radius 3 is 2.53 bits per heavy atom. The van der Waals surface area contributed by atoms with Gasteiger partial charge >= 0.3 is 0 Å². The summed E-state index contributed by atoms with van der Waals surface area (Å²) in [6, 6.07) is 13.7. The summed E-state index contributed by atoms with van der Waals surface area (Å²) in [5.74, 6) is 0.591. The fourth-order valence-corrected chi connectivity index (χ4v) is 4.12. The minimum atomic E-state index is -0.196. The van der Waals surface area contributed by atoms with Gasteiger partial charge in [-0.05, 0) is 75.8 Å². The van der Waals surface area contributed by atoms with Gasteiger partial charge in [-0.15, -0.1) is 0 Å². The number of amides is 1. The van der Waals surface area contributed by atoms with E-state index in [9.17, 15) is 4.79 Å². The van der Waals surface area contributed by atoms with Crippen LogP contribution in [-0.2, 0) is 4.79 Å². The highest BCUT2D eigenvalue weighted by Crippen LogP contribution is 2.25. The number of fused-ring (bicyclic) bond motifs is 1. The van der Waals surface area contributed by atoms with Crippen molar-refractivity contribution in [3.63, 3.8) is 0 Å². The minimum absolute atomic E-state index is 0.196. The first-order valence-electron chi connectivity index (χ1n) is 10.8. The second-order valence-electron chi connectivity index (χ2n) is 8.40. The average molecular weight is 450 g/mol. The maximum atomic E-state index is 12.3. The minimum Gasteiger partial charge on any atom is -0.341 e. The van der Waals surface area contributed by atoms with Crippen molar-refractivity contribution in [2.45, 2.75) is 25.8 Å².